The van der Waals surface area contributed by atoms with E-state index in [-0.39, 0.29) is 0 Å². The van der Waals surface area contributed by atoms with E-state index in [1.54, 1.807) is 0 Å². The third-order valence-corrected chi connectivity index (χ3v) is 4.89. The van der Waals surface area contributed by atoms with Gasteiger partial charge in [0.15, 0.2) is 0 Å². The van der Waals surface area contributed by atoms with Gasteiger partial charge >= 0.3 is 0 Å². The lowest BCUT2D eigenvalue weighted by molar-refractivity contribution is 1.13. The molecule has 0 aliphatic carbocycles. The van der Waals surface area contributed by atoms with Crippen LogP contribution in [0.4, 0.5) is 5.69 Å². The van der Waals surface area contributed by atoms with Crippen LogP contribution in [0.1, 0.15) is 16.7 Å². The van der Waals surface area contributed by atoms with Crippen molar-refractivity contribution in [3.8, 4) is 0 Å². The molecule has 2 aromatic rings. The van der Waals surface area contributed by atoms with Crippen LogP contribution < -0.4 is 5.32 Å². The number of benzene rings is 2. The lowest BCUT2D eigenvalue weighted by atomic mass is 10.1. The van der Waals surface area contributed by atoms with Crippen molar-refractivity contribution in [2.45, 2.75) is 20.4 Å². The first kappa shape index (κ1) is 14.9. The molecule has 100 valence electrons. The fraction of sp³-hybridized carbons (Fsp3) is 0.200. The van der Waals surface area contributed by atoms with Crippen molar-refractivity contribution in [1.82, 2.24) is 0 Å². The van der Waals surface area contributed by atoms with Crippen LogP contribution in [-0.4, -0.2) is 0 Å². The number of hydrogen-bond acceptors (Lipinski definition) is 1. The van der Waals surface area contributed by atoms with E-state index in [1.165, 1.54) is 11.1 Å². The zero-order valence-corrected chi connectivity index (χ0v) is 14.7. The fourth-order valence-electron chi connectivity index (χ4n) is 1.73. The molecular formula is C15H14Br2ClN. The van der Waals surface area contributed by atoms with Crippen molar-refractivity contribution >= 4 is 49.1 Å². The molecule has 1 nitrogen and oxygen atoms in total. The Morgan fingerprint density at radius 2 is 1.74 bits per heavy atom. The Morgan fingerprint density at radius 3 is 2.42 bits per heavy atom. The predicted octanol–water partition coefficient (Wildman–Crippen LogP) is 6.09. The van der Waals surface area contributed by atoms with Crippen LogP contribution in [-0.2, 0) is 6.54 Å². The number of hydrogen-bond donors (Lipinski definition) is 1. The summed E-state index contributed by atoms with van der Waals surface area (Å²) >= 11 is 13.2. The van der Waals surface area contributed by atoms with Gasteiger partial charge in [0.25, 0.3) is 0 Å². The van der Waals surface area contributed by atoms with E-state index in [1.807, 2.05) is 19.1 Å². The van der Waals surface area contributed by atoms with E-state index >= 15 is 0 Å². The van der Waals surface area contributed by atoms with Crippen molar-refractivity contribution in [3.05, 3.63) is 61.0 Å². The first-order chi connectivity index (χ1) is 8.97. The molecule has 0 radical (unpaired) electrons. The molecule has 2 aromatic carbocycles. The van der Waals surface area contributed by atoms with Gasteiger partial charge in [0.1, 0.15) is 0 Å². The number of rotatable bonds is 3. The Morgan fingerprint density at radius 1 is 1.00 bits per heavy atom. The molecule has 0 unspecified atom stereocenters. The molecule has 0 heterocycles. The van der Waals surface area contributed by atoms with Gasteiger partial charge in [-0.15, -0.1) is 0 Å². The highest BCUT2D eigenvalue weighted by Crippen LogP contribution is 2.29. The lowest BCUT2D eigenvalue weighted by Crippen LogP contribution is -2.00. The summed E-state index contributed by atoms with van der Waals surface area (Å²) in [5, 5.41) is 4.17. The molecule has 0 aliphatic rings. The van der Waals surface area contributed by atoms with Crippen molar-refractivity contribution in [2.75, 3.05) is 5.32 Å². The Hall–Kier alpha value is -0.510. The summed E-state index contributed by atoms with van der Waals surface area (Å²) in [5.74, 6) is 0. The second kappa shape index (κ2) is 6.29. The molecule has 0 saturated carbocycles. The van der Waals surface area contributed by atoms with Gasteiger partial charge in [0.2, 0.25) is 0 Å². The summed E-state index contributed by atoms with van der Waals surface area (Å²) in [6, 6.07) is 10.3. The van der Waals surface area contributed by atoms with E-state index in [2.05, 4.69) is 62.3 Å². The summed E-state index contributed by atoms with van der Waals surface area (Å²) < 4.78 is 2.16. The second-order valence-corrected chi connectivity index (χ2v) is 6.63. The van der Waals surface area contributed by atoms with Crippen molar-refractivity contribution in [1.29, 1.82) is 0 Å². The molecule has 0 fully saturated rings. The van der Waals surface area contributed by atoms with Crippen LogP contribution in [0.5, 0.6) is 0 Å². The molecule has 0 amide bonds. The highest BCUT2D eigenvalue weighted by Gasteiger charge is 2.04. The molecule has 1 N–H and O–H groups in total. The molecule has 4 heteroatoms. The molecule has 0 spiro atoms. The average molecular weight is 404 g/mol. The third kappa shape index (κ3) is 3.74. The monoisotopic (exact) mass is 401 g/mol. The fourth-order valence-corrected chi connectivity index (χ4v) is 2.91. The minimum absolute atomic E-state index is 0.761. The minimum atomic E-state index is 0.761. The number of anilines is 1. The normalized spacial score (nSPS) is 10.6. The van der Waals surface area contributed by atoms with Crippen LogP contribution in [0.15, 0.2) is 39.3 Å². The molecule has 2 rings (SSSR count). The molecule has 0 atom stereocenters. The lowest BCUT2D eigenvalue weighted by Gasteiger charge is -2.11. The standard InChI is InChI=1S/C15H14Br2ClN/c1-9-3-4-11(6-12(9)16)8-19-15-7-14(18)10(2)5-13(15)17/h3-7,19H,8H2,1-2H3. The van der Waals surface area contributed by atoms with Gasteiger partial charge in [-0.2, -0.15) is 0 Å². The summed E-state index contributed by atoms with van der Waals surface area (Å²) in [4.78, 5) is 0. The van der Waals surface area contributed by atoms with Gasteiger partial charge in [-0.3, -0.25) is 0 Å². The van der Waals surface area contributed by atoms with E-state index in [0.717, 1.165) is 31.8 Å². The maximum absolute atomic E-state index is 6.15. The summed E-state index contributed by atoms with van der Waals surface area (Å²) in [6.45, 7) is 4.84. The summed E-state index contributed by atoms with van der Waals surface area (Å²) in [6.07, 6.45) is 0. The van der Waals surface area contributed by atoms with E-state index in [0.29, 0.717) is 0 Å². The number of nitrogens with one attached hydrogen (secondary N) is 1. The molecular weight excluding hydrogens is 389 g/mol. The average Bonchev–Trinajstić information content (AvgIpc) is 2.36. The van der Waals surface area contributed by atoms with Gasteiger partial charge in [-0.25, -0.2) is 0 Å². The van der Waals surface area contributed by atoms with Crippen LogP contribution in [0.25, 0.3) is 0 Å². The Kier molecular flexibility index (Phi) is 4.93. The zero-order valence-electron chi connectivity index (χ0n) is 10.7. The first-order valence-corrected chi connectivity index (χ1v) is 7.88. The Balaban J connectivity index is 2.14. The predicted molar refractivity (Wildman–Crippen MR) is 90.1 cm³/mol. The molecule has 19 heavy (non-hydrogen) atoms. The van der Waals surface area contributed by atoms with Crippen LogP contribution in [0.2, 0.25) is 5.02 Å². The van der Waals surface area contributed by atoms with Crippen molar-refractivity contribution in [3.63, 3.8) is 0 Å². The van der Waals surface area contributed by atoms with Crippen LogP contribution >= 0.6 is 43.5 Å². The topological polar surface area (TPSA) is 12.0 Å². The van der Waals surface area contributed by atoms with E-state index < -0.39 is 0 Å². The quantitative estimate of drug-likeness (QED) is 0.653. The third-order valence-electron chi connectivity index (χ3n) is 2.97. The largest absolute Gasteiger partial charge is 0.380 e. The molecule has 0 bridgehead atoms. The molecule has 0 saturated heterocycles. The van der Waals surface area contributed by atoms with Crippen molar-refractivity contribution < 1.29 is 0 Å². The number of aryl methyl sites for hydroxylation is 2. The van der Waals surface area contributed by atoms with Crippen LogP contribution in [0.3, 0.4) is 0 Å². The van der Waals surface area contributed by atoms with Gasteiger partial charge in [-0.1, -0.05) is 39.7 Å². The first-order valence-electron chi connectivity index (χ1n) is 5.92. The van der Waals surface area contributed by atoms with Gasteiger partial charge in [0, 0.05) is 20.5 Å². The summed E-state index contributed by atoms with van der Waals surface area (Å²) in [5.41, 5.74) is 4.54. The Bertz CT molecular complexity index is 611. The Labute approximate surface area is 135 Å². The maximum atomic E-state index is 6.15. The van der Waals surface area contributed by atoms with E-state index in [4.69, 9.17) is 11.6 Å². The zero-order chi connectivity index (χ0) is 14.0. The van der Waals surface area contributed by atoms with Crippen molar-refractivity contribution in [2.24, 2.45) is 0 Å². The molecule has 0 aromatic heterocycles. The SMILES string of the molecule is Cc1cc(Br)c(NCc2ccc(C)c(Br)c2)cc1Cl. The number of halogens is 3. The van der Waals surface area contributed by atoms with Gasteiger partial charge in [0.05, 0.1) is 5.69 Å². The minimum Gasteiger partial charge on any atom is -0.380 e. The molecule has 0 aliphatic heterocycles. The smallest absolute Gasteiger partial charge is 0.0502 e. The van der Waals surface area contributed by atoms with Crippen LogP contribution in [0, 0.1) is 13.8 Å². The van der Waals surface area contributed by atoms with Gasteiger partial charge < -0.3 is 5.32 Å². The van der Waals surface area contributed by atoms with Gasteiger partial charge in [-0.05, 0) is 64.7 Å². The summed E-state index contributed by atoms with van der Waals surface area (Å²) in [7, 11) is 0. The highest BCUT2D eigenvalue weighted by molar-refractivity contribution is 9.10. The second-order valence-electron chi connectivity index (χ2n) is 4.52. The highest BCUT2D eigenvalue weighted by atomic mass is 79.9. The van der Waals surface area contributed by atoms with E-state index in [9.17, 15) is 0 Å². The maximum Gasteiger partial charge on any atom is 0.0502 e.